The van der Waals surface area contributed by atoms with Gasteiger partial charge < -0.3 is 25.6 Å². The molecule has 0 aliphatic carbocycles. The maximum Gasteiger partial charge on any atom is 0.417 e. The van der Waals surface area contributed by atoms with E-state index in [0.29, 0.717) is 50.2 Å². The van der Waals surface area contributed by atoms with Gasteiger partial charge in [-0.1, -0.05) is 6.92 Å². The monoisotopic (exact) mass is 550 g/mol. The quantitative estimate of drug-likeness (QED) is 0.407. The van der Waals surface area contributed by atoms with Crippen LogP contribution in [0.4, 0.5) is 35.9 Å². The van der Waals surface area contributed by atoms with E-state index in [-0.39, 0.29) is 41.2 Å². The molecule has 0 bridgehead atoms. The van der Waals surface area contributed by atoms with Crippen molar-refractivity contribution >= 4 is 40.0 Å². The Morgan fingerprint density at radius 1 is 1.21 bits per heavy atom. The van der Waals surface area contributed by atoms with Crippen LogP contribution in [0.3, 0.4) is 0 Å². The number of nitrogens with two attached hydrogens (primary N) is 1. The topological polar surface area (TPSA) is 122 Å². The fourth-order valence-electron chi connectivity index (χ4n) is 4.00. The first-order chi connectivity index (χ1) is 18.2. The van der Waals surface area contributed by atoms with E-state index >= 15 is 0 Å². The molecule has 3 aromatic heterocycles. The van der Waals surface area contributed by atoms with Gasteiger partial charge in [0.05, 0.1) is 36.6 Å². The summed E-state index contributed by atoms with van der Waals surface area (Å²) in [7, 11) is 0. The van der Waals surface area contributed by atoms with Crippen molar-refractivity contribution in [1.29, 1.82) is 0 Å². The largest absolute Gasteiger partial charge is 0.417 e. The van der Waals surface area contributed by atoms with Crippen LogP contribution in [0.1, 0.15) is 31.5 Å². The molecule has 0 unspecified atom stereocenters. The minimum Gasteiger partial charge on any atom is -0.384 e. The van der Waals surface area contributed by atoms with Gasteiger partial charge in [0.25, 0.3) is 0 Å². The third-order valence-electron chi connectivity index (χ3n) is 5.86. The number of alkyl halides is 3. The van der Waals surface area contributed by atoms with Crippen molar-refractivity contribution in [3.8, 4) is 11.3 Å². The molecule has 14 heteroatoms. The molecule has 1 aliphatic rings. The molecule has 4 heterocycles. The van der Waals surface area contributed by atoms with Crippen molar-refractivity contribution in [2.45, 2.75) is 32.9 Å². The van der Waals surface area contributed by atoms with E-state index in [1.165, 1.54) is 17.4 Å². The summed E-state index contributed by atoms with van der Waals surface area (Å²) < 4.78 is 46.9. The van der Waals surface area contributed by atoms with Crippen LogP contribution in [0.5, 0.6) is 0 Å². The number of hydrogen-bond donors (Lipinski definition) is 2. The molecule has 1 saturated heterocycles. The summed E-state index contributed by atoms with van der Waals surface area (Å²) in [6.45, 7) is 7.12. The predicted octanol–water partition coefficient (Wildman–Crippen LogP) is 3.98. The van der Waals surface area contributed by atoms with Crippen molar-refractivity contribution < 1.29 is 22.7 Å². The summed E-state index contributed by atoms with van der Waals surface area (Å²) in [5.41, 5.74) is 5.03. The fraction of sp³-hybridized carbons (Fsp3) is 0.458. The third kappa shape index (κ3) is 6.67. The van der Waals surface area contributed by atoms with Crippen LogP contribution < -0.4 is 16.0 Å². The molecule has 3 aromatic rings. The number of aromatic nitrogens is 4. The van der Waals surface area contributed by atoms with Crippen LogP contribution in [-0.2, 0) is 22.1 Å². The number of nitrogen functional groups attached to an aromatic ring is 1. The highest BCUT2D eigenvalue weighted by Gasteiger charge is 2.35. The van der Waals surface area contributed by atoms with E-state index in [1.54, 1.807) is 10.3 Å². The van der Waals surface area contributed by atoms with E-state index in [1.807, 2.05) is 18.7 Å². The van der Waals surface area contributed by atoms with Gasteiger partial charge in [-0.2, -0.15) is 18.2 Å². The van der Waals surface area contributed by atoms with Gasteiger partial charge in [-0.15, -0.1) is 11.3 Å². The summed E-state index contributed by atoms with van der Waals surface area (Å²) in [5, 5.41) is 5.30. The molecule has 1 fully saturated rings. The number of halogens is 3. The molecule has 0 spiro atoms. The molecule has 0 radical (unpaired) electrons. The Balaban J connectivity index is 1.65. The van der Waals surface area contributed by atoms with Gasteiger partial charge in [0.15, 0.2) is 5.13 Å². The number of ether oxygens (including phenoxy) is 1. The van der Waals surface area contributed by atoms with Crippen molar-refractivity contribution in [2.24, 2.45) is 0 Å². The smallest absolute Gasteiger partial charge is 0.384 e. The van der Waals surface area contributed by atoms with Gasteiger partial charge in [-0.25, -0.2) is 15.0 Å². The van der Waals surface area contributed by atoms with Crippen molar-refractivity contribution in [1.82, 2.24) is 24.8 Å². The number of nitrogens with one attached hydrogen (secondary N) is 1. The van der Waals surface area contributed by atoms with Crippen molar-refractivity contribution in [3.05, 3.63) is 35.0 Å². The number of nitrogens with zero attached hydrogens (tertiary/aromatic N) is 6. The lowest BCUT2D eigenvalue weighted by molar-refractivity contribution is -0.137. The lowest BCUT2D eigenvalue weighted by Gasteiger charge is -2.27. The molecule has 204 valence electrons. The lowest BCUT2D eigenvalue weighted by atomic mass is 10.1. The van der Waals surface area contributed by atoms with Crippen LogP contribution >= 0.6 is 11.3 Å². The summed E-state index contributed by atoms with van der Waals surface area (Å²) >= 11 is 1.28. The first-order valence-corrected chi connectivity index (χ1v) is 13.1. The number of rotatable bonds is 9. The lowest BCUT2D eigenvalue weighted by Crippen LogP contribution is -2.37. The highest BCUT2D eigenvalue weighted by Crippen LogP contribution is 2.38. The summed E-state index contributed by atoms with van der Waals surface area (Å²) in [6, 6.07) is 2.21. The Morgan fingerprint density at radius 2 is 1.97 bits per heavy atom. The minimum absolute atomic E-state index is 0.0133. The zero-order valence-corrected chi connectivity index (χ0v) is 21.9. The van der Waals surface area contributed by atoms with E-state index in [9.17, 15) is 18.0 Å². The Bertz CT molecular complexity index is 1260. The number of carbonyl (C=O) groups excluding carboxylic acids is 1. The van der Waals surface area contributed by atoms with E-state index in [4.69, 9.17) is 10.5 Å². The Labute approximate surface area is 222 Å². The SMILES string of the molecule is CCCN(CC)C(=O)Cc1csc(Nc2cc(-c3cnc(N)cc3C(F)(F)F)nc(N3CCOCC3)n2)n1. The third-order valence-corrected chi connectivity index (χ3v) is 6.67. The number of amides is 1. The number of thiazole rings is 1. The standard InChI is InChI=1S/C24H29F3N8O2S/c1-3-5-34(4-2)21(36)10-15-14-38-23(30-15)33-20-12-18(31-22(32-20)35-6-8-37-9-7-35)16-13-29-19(28)11-17(16)24(25,26)27/h11-14H,3-10H2,1-2H3,(H2,28,29)(H,30,31,32,33). The van der Waals surface area contributed by atoms with Crippen LogP contribution in [0.25, 0.3) is 11.3 Å². The molecule has 1 amide bonds. The minimum atomic E-state index is -4.66. The second-order valence-electron chi connectivity index (χ2n) is 8.61. The molecule has 10 nitrogen and oxygen atoms in total. The van der Waals surface area contributed by atoms with Crippen LogP contribution in [0.2, 0.25) is 0 Å². The number of hydrogen-bond acceptors (Lipinski definition) is 10. The maximum absolute atomic E-state index is 13.8. The average molecular weight is 551 g/mol. The van der Waals surface area contributed by atoms with Crippen LogP contribution in [0, 0.1) is 0 Å². The van der Waals surface area contributed by atoms with Gasteiger partial charge in [0, 0.05) is 49.4 Å². The van der Waals surface area contributed by atoms with E-state index in [0.717, 1.165) is 18.7 Å². The van der Waals surface area contributed by atoms with E-state index < -0.39 is 11.7 Å². The van der Waals surface area contributed by atoms with Crippen LogP contribution in [-0.4, -0.2) is 70.1 Å². The summed E-state index contributed by atoms with van der Waals surface area (Å²) in [6.07, 6.45) is -2.57. The zero-order chi connectivity index (χ0) is 27.3. The Hall–Kier alpha value is -3.52. The van der Waals surface area contributed by atoms with Crippen molar-refractivity contribution in [3.63, 3.8) is 0 Å². The van der Waals surface area contributed by atoms with Gasteiger partial charge in [-0.3, -0.25) is 4.79 Å². The second kappa shape index (κ2) is 11.9. The Morgan fingerprint density at radius 3 is 2.66 bits per heavy atom. The molecule has 3 N–H and O–H groups in total. The summed E-state index contributed by atoms with van der Waals surface area (Å²) in [4.78, 5) is 33.5. The first kappa shape index (κ1) is 27.5. The predicted molar refractivity (Wildman–Crippen MR) is 139 cm³/mol. The summed E-state index contributed by atoms with van der Waals surface area (Å²) in [5.74, 6) is 0.256. The number of anilines is 4. The molecule has 1 aliphatic heterocycles. The van der Waals surface area contributed by atoms with Gasteiger partial charge in [0.1, 0.15) is 11.6 Å². The normalized spacial score (nSPS) is 14.0. The maximum atomic E-state index is 13.8. The molecule has 0 aromatic carbocycles. The van der Waals surface area contributed by atoms with Crippen molar-refractivity contribution in [2.75, 3.05) is 55.3 Å². The second-order valence-corrected chi connectivity index (χ2v) is 9.47. The first-order valence-electron chi connectivity index (χ1n) is 12.2. The molecular weight excluding hydrogens is 521 g/mol. The van der Waals surface area contributed by atoms with Gasteiger partial charge in [-0.05, 0) is 19.4 Å². The molecule has 0 saturated carbocycles. The number of morpholine rings is 1. The van der Waals surface area contributed by atoms with E-state index in [2.05, 4.69) is 25.3 Å². The number of carbonyl (C=O) groups is 1. The molecule has 0 atom stereocenters. The number of likely N-dealkylation sites (N-methyl/N-ethyl adjacent to an activating group) is 1. The number of pyridine rings is 1. The average Bonchev–Trinajstić information content (AvgIpc) is 3.33. The molecular formula is C24H29F3N8O2S. The Kier molecular flexibility index (Phi) is 8.62. The fourth-order valence-corrected chi connectivity index (χ4v) is 4.72. The van der Waals surface area contributed by atoms with Gasteiger partial charge in [0.2, 0.25) is 11.9 Å². The van der Waals surface area contributed by atoms with Gasteiger partial charge >= 0.3 is 6.18 Å². The highest BCUT2D eigenvalue weighted by molar-refractivity contribution is 7.13. The molecule has 4 rings (SSSR count). The molecule has 38 heavy (non-hydrogen) atoms. The van der Waals surface area contributed by atoms with Crippen LogP contribution in [0.15, 0.2) is 23.7 Å². The zero-order valence-electron chi connectivity index (χ0n) is 21.1. The highest BCUT2D eigenvalue weighted by atomic mass is 32.1.